The Morgan fingerprint density at radius 1 is 1.27 bits per heavy atom. The van der Waals surface area contributed by atoms with Crippen LogP contribution in [0, 0.1) is 22.0 Å². The highest BCUT2D eigenvalue weighted by atomic mass is 35.5. The first-order valence-electron chi connectivity index (χ1n) is 6.51. The van der Waals surface area contributed by atoms with Gasteiger partial charge in [-0.15, -0.1) is 0 Å². The molecule has 8 heteroatoms. The molecule has 0 heterocycles. The number of nitrogens with one attached hydrogen (secondary N) is 1. The maximum atomic E-state index is 12.3. The minimum atomic E-state index is -1.05. The summed E-state index contributed by atoms with van der Waals surface area (Å²) in [6, 6.07) is 5.31. The van der Waals surface area contributed by atoms with Gasteiger partial charge in [0.25, 0.3) is 5.69 Å². The average Bonchev–Trinajstić information content (AvgIpc) is 2.47. The molecule has 1 aromatic rings. The number of anilines is 1. The maximum absolute atomic E-state index is 12.3. The SMILES string of the molecule is O=C(O)[C@H]1CC=C(Cl)C[C@H]1C(=O)Nc1ccc([N+](=O)[O-])cc1. The number of rotatable bonds is 4. The van der Waals surface area contributed by atoms with Gasteiger partial charge >= 0.3 is 5.97 Å². The second-order valence-electron chi connectivity index (χ2n) is 4.94. The van der Waals surface area contributed by atoms with Gasteiger partial charge in [0.05, 0.1) is 16.8 Å². The van der Waals surface area contributed by atoms with E-state index in [2.05, 4.69) is 5.32 Å². The summed E-state index contributed by atoms with van der Waals surface area (Å²) >= 11 is 5.90. The summed E-state index contributed by atoms with van der Waals surface area (Å²) in [5, 5.41) is 22.8. The molecule has 0 fully saturated rings. The number of hydrogen-bond acceptors (Lipinski definition) is 4. The predicted octanol–water partition coefficient (Wildman–Crippen LogP) is 2.77. The van der Waals surface area contributed by atoms with E-state index < -0.39 is 28.6 Å². The Hall–Kier alpha value is -2.41. The number of nitrogens with zero attached hydrogens (tertiary/aromatic N) is 1. The van der Waals surface area contributed by atoms with Gasteiger partial charge in [0.1, 0.15) is 0 Å². The lowest BCUT2D eigenvalue weighted by atomic mass is 9.82. The Morgan fingerprint density at radius 3 is 2.45 bits per heavy atom. The number of carboxylic acids is 1. The molecule has 0 unspecified atom stereocenters. The van der Waals surface area contributed by atoms with E-state index in [0.29, 0.717) is 10.7 Å². The molecule has 1 aliphatic carbocycles. The van der Waals surface area contributed by atoms with Crippen molar-refractivity contribution in [2.24, 2.45) is 11.8 Å². The number of aliphatic carboxylic acids is 1. The highest BCUT2D eigenvalue weighted by Crippen LogP contribution is 2.32. The summed E-state index contributed by atoms with van der Waals surface area (Å²) in [5.74, 6) is -3.12. The number of nitro benzene ring substituents is 1. The van der Waals surface area contributed by atoms with Crippen LogP contribution in [0.25, 0.3) is 0 Å². The lowest BCUT2D eigenvalue weighted by molar-refractivity contribution is -0.384. The smallest absolute Gasteiger partial charge is 0.307 e. The zero-order chi connectivity index (χ0) is 16.3. The molecule has 116 valence electrons. The number of carboxylic acid groups (broad SMARTS) is 1. The summed E-state index contributed by atoms with van der Waals surface area (Å²) in [4.78, 5) is 33.5. The van der Waals surface area contributed by atoms with Crippen LogP contribution in [0.4, 0.5) is 11.4 Å². The topological polar surface area (TPSA) is 110 Å². The van der Waals surface area contributed by atoms with Crippen LogP contribution in [-0.4, -0.2) is 21.9 Å². The normalized spacial score (nSPS) is 20.9. The molecular weight excluding hydrogens is 312 g/mol. The van der Waals surface area contributed by atoms with Crippen molar-refractivity contribution in [1.82, 2.24) is 0 Å². The van der Waals surface area contributed by atoms with Crippen molar-refractivity contribution in [1.29, 1.82) is 0 Å². The Morgan fingerprint density at radius 2 is 1.91 bits per heavy atom. The number of allylic oxidation sites excluding steroid dienone is 2. The van der Waals surface area contributed by atoms with E-state index in [4.69, 9.17) is 11.6 Å². The van der Waals surface area contributed by atoms with Crippen molar-refractivity contribution >= 4 is 34.9 Å². The number of carbonyl (C=O) groups excluding carboxylic acids is 1. The first-order chi connectivity index (χ1) is 10.4. The van der Waals surface area contributed by atoms with Crippen molar-refractivity contribution in [3.05, 3.63) is 45.5 Å². The number of hydrogen-bond donors (Lipinski definition) is 2. The van der Waals surface area contributed by atoms with Crippen LogP contribution in [0.5, 0.6) is 0 Å². The van der Waals surface area contributed by atoms with E-state index in [9.17, 15) is 24.8 Å². The fourth-order valence-electron chi connectivity index (χ4n) is 2.30. The average molecular weight is 325 g/mol. The third-order valence-electron chi connectivity index (χ3n) is 3.49. The van der Waals surface area contributed by atoms with Gasteiger partial charge in [-0.05, 0) is 25.0 Å². The van der Waals surface area contributed by atoms with Crippen molar-refractivity contribution in [3.8, 4) is 0 Å². The van der Waals surface area contributed by atoms with Crippen molar-refractivity contribution < 1.29 is 19.6 Å². The lowest BCUT2D eigenvalue weighted by Crippen LogP contribution is -2.35. The predicted molar refractivity (Wildman–Crippen MR) is 79.5 cm³/mol. The minimum Gasteiger partial charge on any atom is -0.481 e. The van der Waals surface area contributed by atoms with Crippen LogP contribution in [0.15, 0.2) is 35.4 Å². The number of benzene rings is 1. The molecule has 2 N–H and O–H groups in total. The summed E-state index contributed by atoms with van der Waals surface area (Å²) < 4.78 is 0. The number of nitro groups is 1. The summed E-state index contributed by atoms with van der Waals surface area (Å²) in [5.41, 5.74) is 0.274. The molecule has 1 aliphatic rings. The van der Waals surface area contributed by atoms with Crippen molar-refractivity contribution in [3.63, 3.8) is 0 Å². The van der Waals surface area contributed by atoms with Crippen LogP contribution >= 0.6 is 11.6 Å². The van der Waals surface area contributed by atoms with Crippen LogP contribution in [-0.2, 0) is 9.59 Å². The fraction of sp³-hybridized carbons (Fsp3) is 0.286. The van der Waals surface area contributed by atoms with E-state index in [-0.39, 0.29) is 18.5 Å². The Balaban J connectivity index is 2.11. The van der Waals surface area contributed by atoms with Crippen LogP contribution in [0.3, 0.4) is 0 Å². The maximum Gasteiger partial charge on any atom is 0.307 e. The Labute approximate surface area is 130 Å². The molecule has 0 bridgehead atoms. The second-order valence-corrected chi connectivity index (χ2v) is 5.42. The molecule has 7 nitrogen and oxygen atoms in total. The number of non-ortho nitro benzene ring substituents is 1. The highest BCUT2D eigenvalue weighted by molar-refractivity contribution is 6.29. The van der Waals surface area contributed by atoms with Gasteiger partial charge < -0.3 is 10.4 Å². The zero-order valence-electron chi connectivity index (χ0n) is 11.4. The molecule has 1 aromatic carbocycles. The third kappa shape index (κ3) is 3.62. The number of amides is 1. The zero-order valence-corrected chi connectivity index (χ0v) is 12.1. The van der Waals surface area contributed by atoms with Gasteiger partial charge in [-0.2, -0.15) is 0 Å². The van der Waals surface area contributed by atoms with Gasteiger partial charge in [-0.3, -0.25) is 19.7 Å². The van der Waals surface area contributed by atoms with Crippen LogP contribution in [0.2, 0.25) is 0 Å². The molecule has 22 heavy (non-hydrogen) atoms. The Bertz CT molecular complexity index is 641. The molecule has 0 spiro atoms. The monoisotopic (exact) mass is 324 g/mol. The highest BCUT2D eigenvalue weighted by Gasteiger charge is 2.36. The van der Waals surface area contributed by atoms with E-state index in [1.807, 2.05) is 0 Å². The third-order valence-corrected chi connectivity index (χ3v) is 3.80. The molecule has 1 amide bonds. The quantitative estimate of drug-likeness (QED) is 0.653. The lowest BCUT2D eigenvalue weighted by Gasteiger charge is -2.25. The van der Waals surface area contributed by atoms with Gasteiger partial charge in [-0.25, -0.2) is 0 Å². The molecule has 2 rings (SSSR count). The van der Waals surface area contributed by atoms with Crippen molar-refractivity contribution in [2.45, 2.75) is 12.8 Å². The van der Waals surface area contributed by atoms with Crippen LogP contribution < -0.4 is 5.32 Å². The first kappa shape index (κ1) is 16.0. The number of carbonyl (C=O) groups is 2. The minimum absolute atomic E-state index is 0.0925. The fourth-order valence-corrected chi connectivity index (χ4v) is 2.56. The molecule has 0 aromatic heterocycles. The van der Waals surface area contributed by atoms with Gasteiger partial charge in [0.2, 0.25) is 5.91 Å². The van der Waals surface area contributed by atoms with E-state index in [1.54, 1.807) is 6.08 Å². The van der Waals surface area contributed by atoms with E-state index >= 15 is 0 Å². The molecular formula is C14H13ClN2O5. The second kappa shape index (κ2) is 6.57. The van der Waals surface area contributed by atoms with E-state index in [0.717, 1.165) is 0 Å². The van der Waals surface area contributed by atoms with Gasteiger partial charge in [-0.1, -0.05) is 17.7 Å². The molecule has 2 atom stereocenters. The summed E-state index contributed by atoms with van der Waals surface area (Å²) in [7, 11) is 0. The van der Waals surface area contributed by atoms with E-state index in [1.165, 1.54) is 24.3 Å². The standard InChI is InChI=1S/C14H13ClN2O5/c15-8-1-6-11(14(19)20)12(7-8)13(18)16-9-2-4-10(5-3-9)17(21)22/h1-5,11-12H,6-7H2,(H,16,18)(H,19,20)/t11-,12+/m0/s1. The van der Waals surface area contributed by atoms with Crippen LogP contribution in [0.1, 0.15) is 12.8 Å². The van der Waals surface area contributed by atoms with Crippen molar-refractivity contribution in [2.75, 3.05) is 5.32 Å². The first-order valence-corrected chi connectivity index (χ1v) is 6.89. The summed E-state index contributed by atoms with van der Waals surface area (Å²) in [6.07, 6.45) is 1.97. The molecule has 0 saturated heterocycles. The number of halogens is 1. The molecule has 0 saturated carbocycles. The Kier molecular flexibility index (Phi) is 4.77. The largest absolute Gasteiger partial charge is 0.481 e. The van der Waals surface area contributed by atoms with Gasteiger partial charge in [0, 0.05) is 22.9 Å². The summed E-state index contributed by atoms with van der Waals surface area (Å²) in [6.45, 7) is 0. The molecule has 0 aliphatic heterocycles. The van der Waals surface area contributed by atoms with Gasteiger partial charge in [0.15, 0.2) is 0 Å². The molecule has 0 radical (unpaired) electrons.